The van der Waals surface area contributed by atoms with Gasteiger partial charge in [0.2, 0.25) is 0 Å². The molecule has 0 aliphatic heterocycles. The van der Waals surface area contributed by atoms with Crippen LogP contribution in [0.4, 0.5) is 0 Å². The van der Waals surface area contributed by atoms with E-state index in [1.807, 2.05) is 0 Å². The van der Waals surface area contributed by atoms with Crippen molar-refractivity contribution >= 4 is 22.6 Å². The average Bonchev–Trinajstić information content (AvgIpc) is 2.04. The van der Waals surface area contributed by atoms with E-state index in [0.29, 0.717) is 0 Å². The second-order valence-corrected chi connectivity index (χ2v) is 2.75. The van der Waals surface area contributed by atoms with Crippen LogP contribution < -0.4 is 0 Å². The minimum Gasteiger partial charge on any atom is -0.508 e. The molecule has 1 aromatic rings. The minimum atomic E-state index is 0.282. The highest BCUT2D eigenvalue weighted by Crippen LogP contribution is 2.08. The zero-order chi connectivity index (χ0) is 8.10. The molecule has 56 valence electrons. The molecule has 1 N–H and O–H groups in total. The van der Waals surface area contributed by atoms with Crippen LogP contribution in [-0.2, 0) is 0 Å². The molecule has 1 nitrogen and oxygen atoms in total. The van der Waals surface area contributed by atoms with Gasteiger partial charge < -0.3 is 5.11 Å². The van der Waals surface area contributed by atoms with Gasteiger partial charge in [-0.1, -0.05) is 34.4 Å². The van der Waals surface area contributed by atoms with Gasteiger partial charge in [-0.05, 0) is 24.3 Å². The molecule has 0 saturated carbocycles. The molecule has 0 unspecified atom stereocenters. The molecule has 0 spiro atoms. The topological polar surface area (TPSA) is 20.2 Å². The Kier molecular flexibility index (Phi) is 3.24. The van der Waals surface area contributed by atoms with Crippen LogP contribution in [0, 0.1) is 11.8 Å². The summed E-state index contributed by atoms with van der Waals surface area (Å²) in [5.74, 6) is 6.17. The molecule has 1 rings (SSSR count). The van der Waals surface area contributed by atoms with E-state index in [-0.39, 0.29) is 5.75 Å². The zero-order valence-electron chi connectivity index (χ0n) is 5.84. The highest BCUT2D eigenvalue weighted by atomic mass is 127. The Morgan fingerprint density at radius 3 is 2.45 bits per heavy atom. The first-order chi connectivity index (χ1) is 5.33. The van der Waals surface area contributed by atoms with Crippen molar-refractivity contribution in [3.8, 4) is 17.6 Å². The third kappa shape index (κ3) is 2.81. The number of halogens is 1. The summed E-state index contributed by atoms with van der Waals surface area (Å²) in [6, 6.07) is 6.87. The molecule has 1 aromatic carbocycles. The molecule has 11 heavy (non-hydrogen) atoms. The monoisotopic (exact) mass is 258 g/mol. The third-order valence-electron chi connectivity index (χ3n) is 1.17. The molecule has 0 aliphatic rings. The molecule has 2 heteroatoms. The highest BCUT2D eigenvalue weighted by Gasteiger charge is 1.85. The Morgan fingerprint density at radius 1 is 1.27 bits per heavy atom. The van der Waals surface area contributed by atoms with Crippen LogP contribution in [0.3, 0.4) is 0 Å². The third-order valence-corrected chi connectivity index (χ3v) is 1.55. The quantitative estimate of drug-likeness (QED) is 0.429. The summed E-state index contributed by atoms with van der Waals surface area (Å²) in [4.78, 5) is 0. The van der Waals surface area contributed by atoms with Crippen LogP contribution in [0.5, 0.6) is 5.75 Å². The van der Waals surface area contributed by atoms with E-state index in [1.165, 1.54) is 0 Å². The van der Waals surface area contributed by atoms with E-state index >= 15 is 0 Å². The highest BCUT2D eigenvalue weighted by molar-refractivity contribution is 14.1. The predicted octanol–water partition coefficient (Wildman–Crippen LogP) is 2.18. The summed E-state index contributed by atoms with van der Waals surface area (Å²) in [6.45, 7) is 0. The maximum absolute atomic E-state index is 8.93. The Morgan fingerprint density at radius 2 is 1.91 bits per heavy atom. The van der Waals surface area contributed by atoms with Crippen molar-refractivity contribution in [3.05, 3.63) is 29.8 Å². The number of aromatic hydroxyl groups is 1. The van der Waals surface area contributed by atoms with Crippen LogP contribution >= 0.6 is 22.6 Å². The molecule has 0 saturated heterocycles. The van der Waals surface area contributed by atoms with Crippen molar-refractivity contribution in [2.45, 2.75) is 0 Å². The van der Waals surface area contributed by atoms with Gasteiger partial charge in [-0.3, -0.25) is 0 Å². The molecule has 0 fully saturated rings. The van der Waals surface area contributed by atoms with Gasteiger partial charge in [0.25, 0.3) is 0 Å². The largest absolute Gasteiger partial charge is 0.508 e. The summed E-state index contributed by atoms with van der Waals surface area (Å²) < 4.78 is 0.832. The molecular formula is C9H7IO. The lowest BCUT2D eigenvalue weighted by Gasteiger charge is -1.89. The lowest BCUT2D eigenvalue weighted by Crippen LogP contribution is -1.71. The maximum Gasteiger partial charge on any atom is 0.115 e. The second kappa shape index (κ2) is 4.24. The maximum atomic E-state index is 8.93. The van der Waals surface area contributed by atoms with Crippen LogP contribution in [0.2, 0.25) is 0 Å². The first kappa shape index (κ1) is 8.41. The first-order valence-electron chi connectivity index (χ1n) is 3.17. The van der Waals surface area contributed by atoms with Crippen LogP contribution in [0.1, 0.15) is 5.56 Å². The fourth-order valence-corrected chi connectivity index (χ4v) is 0.871. The standard InChI is InChI=1S/C9H7IO/c10-7-1-2-8-3-5-9(11)6-4-8/h3-6,11H,7H2. The smallest absolute Gasteiger partial charge is 0.115 e. The first-order valence-corrected chi connectivity index (χ1v) is 4.69. The summed E-state index contributed by atoms with van der Waals surface area (Å²) in [6.07, 6.45) is 0. The number of phenolic OH excluding ortho intramolecular Hbond substituents is 1. The molecule has 0 heterocycles. The van der Waals surface area contributed by atoms with Gasteiger partial charge in [0, 0.05) is 5.56 Å². The Balaban J connectivity index is 2.82. The number of hydrogen-bond acceptors (Lipinski definition) is 1. The number of benzene rings is 1. The van der Waals surface area contributed by atoms with Crippen LogP contribution in [0.25, 0.3) is 0 Å². The fraction of sp³-hybridized carbons (Fsp3) is 0.111. The Labute approximate surface area is 79.6 Å². The molecule has 0 atom stereocenters. The van der Waals surface area contributed by atoms with Gasteiger partial charge in [0.15, 0.2) is 0 Å². The molecule has 0 aliphatic carbocycles. The lowest BCUT2D eigenvalue weighted by atomic mass is 10.2. The van der Waals surface area contributed by atoms with E-state index in [2.05, 4.69) is 34.4 Å². The Bertz CT molecular complexity index is 279. The van der Waals surface area contributed by atoms with Gasteiger partial charge in [-0.15, -0.1) is 0 Å². The summed E-state index contributed by atoms with van der Waals surface area (Å²) in [7, 11) is 0. The summed E-state index contributed by atoms with van der Waals surface area (Å²) >= 11 is 2.20. The lowest BCUT2D eigenvalue weighted by molar-refractivity contribution is 0.475. The minimum absolute atomic E-state index is 0.282. The van der Waals surface area contributed by atoms with E-state index in [0.717, 1.165) is 9.99 Å². The molecule has 0 bridgehead atoms. The molecule has 0 aromatic heterocycles. The van der Waals surface area contributed by atoms with Crippen LogP contribution in [0.15, 0.2) is 24.3 Å². The van der Waals surface area contributed by atoms with Gasteiger partial charge in [-0.2, -0.15) is 0 Å². The number of alkyl halides is 1. The van der Waals surface area contributed by atoms with Crippen molar-refractivity contribution in [2.24, 2.45) is 0 Å². The summed E-state index contributed by atoms with van der Waals surface area (Å²) in [5, 5.41) is 8.93. The second-order valence-electron chi connectivity index (χ2n) is 1.98. The van der Waals surface area contributed by atoms with E-state index < -0.39 is 0 Å². The van der Waals surface area contributed by atoms with Crippen molar-refractivity contribution < 1.29 is 5.11 Å². The normalized spacial score (nSPS) is 8.45. The molecule has 0 radical (unpaired) electrons. The fourth-order valence-electron chi connectivity index (χ4n) is 0.680. The van der Waals surface area contributed by atoms with Crippen LogP contribution in [-0.4, -0.2) is 9.53 Å². The van der Waals surface area contributed by atoms with Crippen molar-refractivity contribution in [2.75, 3.05) is 4.43 Å². The van der Waals surface area contributed by atoms with E-state index in [4.69, 9.17) is 5.11 Å². The Hall–Kier alpha value is -0.690. The number of hydrogen-bond donors (Lipinski definition) is 1. The molecular weight excluding hydrogens is 251 g/mol. The van der Waals surface area contributed by atoms with E-state index in [9.17, 15) is 0 Å². The van der Waals surface area contributed by atoms with Crippen molar-refractivity contribution in [3.63, 3.8) is 0 Å². The van der Waals surface area contributed by atoms with Crippen molar-refractivity contribution in [1.82, 2.24) is 0 Å². The SMILES string of the molecule is Oc1ccc(C#CCI)cc1. The number of phenols is 1. The van der Waals surface area contributed by atoms with Gasteiger partial charge in [0.1, 0.15) is 5.75 Å². The van der Waals surface area contributed by atoms with Gasteiger partial charge in [0.05, 0.1) is 4.43 Å². The predicted molar refractivity (Wildman–Crippen MR) is 53.9 cm³/mol. The van der Waals surface area contributed by atoms with Gasteiger partial charge >= 0.3 is 0 Å². The van der Waals surface area contributed by atoms with Crippen molar-refractivity contribution in [1.29, 1.82) is 0 Å². The average molecular weight is 258 g/mol. The number of rotatable bonds is 0. The van der Waals surface area contributed by atoms with E-state index in [1.54, 1.807) is 24.3 Å². The summed E-state index contributed by atoms with van der Waals surface area (Å²) in [5.41, 5.74) is 0.944. The molecule has 0 amide bonds. The zero-order valence-corrected chi connectivity index (χ0v) is 8.00. The van der Waals surface area contributed by atoms with Gasteiger partial charge in [-0.25, -0.2) is 0 Å².